The van der Waals surface area contributed by atoms with Crippen LogP contribution in [0.15, 0.2) is 40.4 Å². The van der Waals surface area contributed by atoms with Gasteiger partial charge in [0.2, 0.25) is 5.95 Å². The van der Waals surface area contributed by atoms with Gasteiger partial charge in [-0.25, -0.2) is 4.98 Å². The van der Waals surface area contributed by atoms with E-state index in [0.717, 1.165) is 11.8 Å². The predicted molar refractivity (Wildman–Crippen MR) is 73.8 cm³/mol. The monoisotopic (exact) mass is 296 g/mol. The Balaban J connectivity index is 2.43. The summed E-state index contributed by atoms with van der Waals surface area (Å²) >= 11 is 7.16. The van der Waals surface area contributed by atoms with E-state index in [9.17, 15) is 10.1 Å². The van der Waals surface area contributed by atoms with Crippen LogP contribution < -0.4 is 5.32 Å². The summed E-state index contributed by atoms with van der Waals surface area (Å²) in [5.41, 5.74) is -0.149. The summed E-state index contributed by atoms with van der Waals surface area (Å²) in [6, 6.07) is 7.09. The fourth-order valence-electron chi connectivity index (χ4n) is 1.31. The lowest BCUT2D eigenvalue weighted by atomic mass is 10.4. The van der Waals surface area contributed by atoms with Crippen molar-refractivity contribution in [2.45, 2.75) is 9.92 Å². The number of halogens is 1. The number of benzene rings is 1. The minimum atomic E-state index is -0.515. The van der Waals surface area contributed by atoms with E-state index in [4.69, 9.17) is 11.6 Å². The summed E-state index contributed by atoms with van der Waals surface area (Å²) in [5.74, 6) is 0.320. The van der Waals surface area contributed by atoms with Crippen molar-refractivity contribution < 1.29 is 4.92 Å². The van der Waals surface area contributed by atoms with Crippen LogP contribution in [0.1, 0.15) is 0 Å². The largest absolute Gasteiger partial charge is 0.357 e. The highest BCUT2D eigenvalue weighted by atomic mass is 35.5. The van der Waals surface area contributed by atoms with Gasteiger partial charge in [-0.3, -0.25) is 10.1 Å². The second-order valence-corrected chi connectivity index (χ2v) is 4.86. The molecule has 2 rings (SSSR count). The van der Waals surface area contributed by atoms with Crippen LogP contribution in [0, 0.1) is 10.1 Å². The van der Waals surface area contributed by atoms with Crippen LogP contribution in [0.5, 0.6) is 0 Å². The van der Waals surface area contributed by atoms with Crippen LogP contribution in [0.25, 0.3) is 0 Å². The minimum absolute atomic E-state index is 0.149. The third kappa shape index (κ3) is 3.12. The fourth-order valence-corrected chi connectivity index (χ4v) is 2.45. The molecule has 0 saturated carbocycles. The molecule has 1 aromatic carbocycles. The summed E-state index contributed by atoms with van der Waals surface area (Å²) in [5, 5.41) is 14.5. The third-order valence-electron chi connectivity index (χ3n) is 2.20. The van der Waals surface area contributed by atoms with Gasteiger partial charge in [0.25, 0.3) is 0 Å². The molecule has 0 aliphatic heterocycles. The van der Waals surface area contributed by atoms with Crippen molar-refractivity contribution >= 4 is 35.0 Å². The number of hydrogen-bond donors (Lipinski definition) is 1. The molecule has 0 saturated heterocycles. The van der Waals surface area contributed by atoms with Gasteiger partial charge < -0.3 is 5.32 Å². The molecule has 0 spiro atoms. The lowest BCUT2D eigenvalue weighted by molar-refractivity contribution is -0.388. The zero-order chi connectivity index (χ0) is 13.8. The number of nitrogens with one attached hydrogen (secondary N) is 1. The first-order chi connectivity index (χ1) is 9.11. The van der Waals surface area contributed by atoms with E-state index >= 15 is 0 Å². The second-order valence-electron chi connectivity index (χ2n) is 3.42. The van der Waals surface area contributed by atoms with Gasteiger partial charge in [-0.1, -0.05) is 35.5 Å². The van der Waals surface area contributed by atoms with Crippen LogP contribution in [0.3, 0.4) is 0 Å². The number of anilines is 1. The van der Waals surface area contributed by atoms with Crippen LogP contribution >= 0.6 is 23.4 Å². The van der Waals surface area contributed by atoms with E-state index < -0.39 is 4.92 Å². The smallest absolute Gasteiger partial charge is 0.320 e. The lowest BCUT2D eigenvalue weighted by Crippen LogP contribution is -2.00. The highest BCUT2D eigenvalue weighted by Crippen LogP contribution is 2.36. The summed E-state index contributed by atoms with van der Waals surface area (Å²) in [4.78, 5) is 19.1. The number of rotatable bonds is 4. The van der Waals surface area contributed by atoms with Crippen LogP contribution in [-0.2, 0) is 0 Å². The molecule has 0 bridgehead atoms. The van der Waals surface area contributed by atoms with Crippen LogP contribution in [-0.4, -0.2) is 21.9 Å². The van der Waals surface area contributed by atoms with E-state index in [1.165, 1.54) is 6.20 Å². The maximum Gasteiger partial charge on any atom is 0.320 e. The van der Waals surface area contributed by atoms with Crippen molar-refractivity contribution in [3.8, 4) is 0 Å². The average Bonchev–Trinajstić information content (AvgIpc) is 2.41. The van der Waals surface area contributed by atoms with E-state index in [2.05, 4.69) is 15.3 Å². The SMILES string of the molecule is CNc1ncc([N+](=O)[O-])c(Sc2ccccc2Cl)n1. The first-order valence-electron chi connectivity index (χ1n) is 5.23. The third-order valence-corrected chi connectivity index (χ3v) is 3.71. The first-order valence-corrected chi connectivity index (χ1v) is 6.43. The molecule has 6 nitrogen and oxygen atoms in total. The zero-order valence-corrected chi connectivity index (χ0v) is 11.4. The molecule has 0 unspecified atom stereocenters. The van der Waals surface area contributed by atoms with Gasteiger partial charge in [-0.15, -0.1) is 0 Å². The molecular weight excluding hydrogens is 288 g/mol. The van der Waals surface area contributed by atoms with E-state index in [1.54, 1.807) is 31.3 Å². The molecule has 2 aromatic rings. The Morgan fingerprint density at radius 2 is 2.16 bits per heavy atom. The summed E-state index contributed by atoms with van der Waals surface area (Å²) in [6.07, 6.45) is 1.18. The molecule has 1 heterocycles. The highest BCUT2D eigenvalue weighted by molar-refractivity contribution is 7.99. The topological polar surface area (TPSA) is 81.0 Å². The summed E-state index contributed by atoms with van der Waals surface area (Å²) < 4.78 is 0. The Labute approximate surface area is 118 Å². The standard InChI is InChI=1S/C11H9ClN4O2S/c1-13-11-14-6-8(16(17)18)10(15-11)19-9-5-3-2-4-7(9)12/h2-6H,1H3,(H,13,14,15). The number of nitro groups is 1. The van der Waals surface area contributed by atoms with E-state index in [1.807, 2.05) is 0 Å². The van der Waals surface area contributed by atoms with Gasteiger partial charge >= 0.3 is 5.69 Å². The number of nitrogens with zero attached hydrogens (tertiary/aromatic N) is 3. The number of hydrogen-bond acceptors (Lipinski definition) is 6. The summed E-state index contributed by atoms with van der Waals surface area (Å²) in [6.45, 7) is 0. The molecule has 0 amide bonds. The van der Waals surface area contributed by atoms with Crippen molar-refractivity contribution in [3.05, 3.63) is 45.6 Å². The van der Waals surface area contributed by atoms with Crippen molar-refractivity contribution in [1.29, 1.82) is 0 Å². The molecule has 0 fully saturated rings. The van der Waals surface area contributed by atoms with E-state index in [0.29, 0.717) is 15.9 Å². The molecule has 0 atom stereocenters. The molecular formula is C11H9ClN4O2S. The van der Waals surface area contributed by atoms with Gasteiger partial charge in [0.15, 0.2) is 5.03 Å². The molecule has 1 aromatic heterocycles. The predicted octanol–water partition coefficient (Wildman–Crippen LogP) is 3.23. The molecule has 19 heavy (non-hydrogen) atoms. The van der Waals surface area contributed by atoms with E-state index in [-0.39, 0.29) is 10.7 Å². The Bertz CT molecular complexity index is 623. The lowest BCUT2D eigenvalue weighted by Gasteiger charge is -2.05. The van der Waals surface area contributed by atoms with Crippen molar-refractivity contribution in [1.82, 2.24) is 9.97 Å². The Kier molecular flexibility index (Phi) is 4.18. The molecule has 0 aliphatic carbocycles. The molecule has 0 radical (unpaired) electrons. The Morgan fingerprint density at radius 1 is 1.42 bits per heavy atom. The fraction of sp³-hybridized carbons (Fsp3) is 0.0909. The molecule has 1 N–H and O–H groups in total. The summed E-state index contributed by atoms with van der Waals surface area (Å²) in [7, 11) is 1.64. The molecule has 98 valence electrons. The van der Waals surface area contributed by atoms with Crippen LogP contribution in [0.4, 0.5) is 11.6 Å². The van der Waals surface area contributed by atoms with Crippen molar-refractivity contribution in [2.24, 2.45) is 0 Å². The van der Waals surface area contributed by atoms with Gasteiger partial charge in [0, 0.05) is 11.9 Å². The Hall–Kier alpha value is -1.86. The maximum absolute atomic E-state index is 11.0. The zero-order valence-electron chi connectivity index (χ0n) is 9.83. The van der Waals surface area contributed by atoms with Gasteiger partial charge in [-0.05, 0) is 12.1 Å². The minimum Gasteiger partial charge on any atom is -0.357 e. The van der Waals surface area contributed by atoms with Crippen molar-refractivity contribution in [3.63, 3.8) is 0 Å². The van der Waals surface area contributed by atoms with Crippen LogP contribution in [0.2, 0.25) is 5.02 Å². The average molecular weight is 297 g/mol. The highest BCUT2D eigenvalue weighted by Gasteiger charge is 2.19. The first kappa shape index (κ1) is 13.6. The quantitative estimate of drug-likeness (QED) is 0.530. The molecule has 8 heteroatoms. The normalized spacial score (nSPS) is 10.2. The van der Waals surface area contributed by atoms with Gasteiger partial charge in [-0.2, -0.15) is 4.98 Å². The number of aromatic nitrogens is 2. The molecule has 0 aliphatic rings. The van der Waals surface area contributed by atoms with Gasteiger partial charge in [0.05, 0.1) is 9.95 Å². The maximum atomic E-state index is 11.0. The Morgan fingerprint density at radius 3 is 2.79 bits per heavy atom. The van der Waals surface area contributed by atoms with Gasteiger partial charge in [0.1, 0.15) is 6.20 Å². The van der Waals surface area contributed by atoms with Crippen molar-refractivity contribution in [2.75, 3.05) is 12.4 Å². The second kappa shape index (κ2) is 5.85.